The summed E-state index contributed by atoms with van der Waals surface area (Å²) >= 11 is 1.60. The number of sulfone groups is 1. The topological polar surface area (TPSA) is 154 Å². The first-order valence-corrected chi connectivity index (χ1v) is 14.6. The molecule has 0 spiro atoms. The first-order chi connectivity index (χ1) is 19.1. The standard InChI is InChI=1S/C25H16FN5O6S3/c26-18-6-2-4-8-20(18)30-23(33)17-5-1-3-7-19(17)28-25(30)38-14-21(32)29-24-27-13-22(39-24)40(36,37)16-11-9-15(10-12-16)31(34)35/h1-13H,14H2,(H,27,29,32). The van der Waals surface area contributed by atoms with Crippen LogP contribution in [-0.2, 0) is 14.6 Å². The van der Waals surface area contributed by atoms with Crippen LogP contribution in [0.5, 0.6) is 0 Å². The van der Waals surface area contributed by atoms with Gasteiger partial charge in [-0.2, -0.15) is 0 Å². The van der Waals surface area contributed by atoms with E-state index in [0.29, 0.717) is 16.9 Å². The molecule has 0 bridgehead atoms. The summed E-state index contributed by atoms with van der Waals surface area (Å²) in [5, 5.41) is 13.7. The van der Waals surface area contributed by atoms with E-state index < -0.39 is 32.0 Å². The van der Waals surface area contributed by atoms with E-state index in [0.717, 1.165) is 46.8 Å². The average molecular weight is 598 g/mol. The van der Waals surface area contributed by atoms with Crippen LogP contribution in [0.15, 0.2) is 98.0 Å². The Labute approximate surface area is 233 Å². The van der Waals surface area contributed by atoms with Gasteiger partial charge in [0.2, 0.25) is 15.7 Å². The van der Waals surface area contributed by atoms with Crippen molar-refractivity contribution in [2.45, 2.75) is 14.3 Å². The van der Waals surface area contributed by atoms with Crippen molar-refractivity contribution in [3.05, 3.63) is 105 Å². The summed E-state index contributed by atoms with van der Waals surface area (Å²) in [6.45, 7) is 0. The molecule has 15 heteroatoms. The molecule has 0 aliphatic rings. The fraction of sp³-hybridized carbons (Fsp3) is 0.0400. The number of nitro groups is 1. The molecule has 5 rings (SSSR count). The molecule has 202 valence electrons. The predicted molar refractivity (Wildman–Crippen MR) is 147 cm³/mol. The number of aromatic nitrogens is 3. The number of hydrogen-bond acceptors (Lipinski definition) is 10. The number of nitrogens with zero attached hydrogens (tertiary/aromatic N) is 4. The molecule has 40 heavy (non-hydrogen) atoms. The van der Waals surface area contributed by atoms with Crippen molar-refractivity contribution in [2.24, 2.45) is 0 Å². The number of carbonyl (C=O) groups excluding carboxylic acids is 1. The molecule has 0 aliphatic heterocycles. The molecule has 2 heterocycles. The lowest BCUT2D eigenvalue weighted by molar-refractivity contribution is -0.384. The maximum atomic E-state index is 14.6. The molecule has 2 aromatic heterocycles. The monoisotopic (exact) mass is 597 g/mol. The van der Waals surface area contributed by atoms with E-state index in [9.17, 15) is 32.5 Å². The number of anilines is 1. The molecular formula is C25H16FN5O6S3. The van der Waals surface area contributed by atoms with Crippen LogP contribution in [0, 0.1) is 15.9 Å². The fourth-order valence-corrected chi connectivity index (χ4v) is 6.90. The van der Waals surface area contributed by atoms with Crippen LogP contribution >= 0.6 is 23.1 Å². The highest BCUT2D eigenvalue weighted by molar-refractivity contribution is 7.99. The Hall–Kier alpha value is -4.47. The number of thioether (sulfide) groups is 1. The molecule has 0 aliphatic carbocycles. The molecular weight excluding hydrogens is 582 g/mol. The molecule has 11 nitrogen and oxygen atoms in total. The Balaban J connectivity index is 1.36. The molecule has 0 atom stereocenters. The number of hydrogen-bond donors (Lipinski definition) is 1. The minimum atomic E-state index is -4.02. The molecule has 0 fully saturated rings. The molecule has 0 saturated heterocycles. The van der Waals surface area contributed by atoms with Crippen LogP contribution in [0.1, 0.15) is 0 Å². The van der Waals surface area contributed by atoms with E-state index in [1.165, 1.54) is 18.2 Å². The minimum Gasteiger partial charge on any atom is -0.301 e. The number of para-hydroxylation sites is 2. The number of halogens is 1. The first kappa shape index (κ1) is 27.1. The SMILES string of the molecule is O=C(CSc1nc2ccccc2c(=O)n1-c1ccccc1F)Nc1ncc(S(=O)(=O)c2ccc([N+](=O)[O-])cc2)s1. The second-order valence-corrected chi connectivity index (χ2v) is 12.2. The Morgan fingerprint density at radius 2 is 1.77 bits per heavy atom. The van der Waals surface area contributed by atoms with Gasteiger partial charge in [-0.05, 0) is 36.4 Å². The summed E-state index contributed by atoms with van der Waals surface area (Å²) in [5.74, 6) is -1.46. The maximum Gasteiger partial charge on any atom is 0.269 e. The van der Waals surface area contributed by atoms with Crippen LogP contribution in [0.3, 0.4) is 0 Å². The fourth-order valence-electron chi connectivity index (χ4n) is 3.64. The molecule has 0 unspecified atom stereocenters. The van der Waals surface area contributed by atoms with Crippen LogP contribution in [0.4, 0.5) is 15.2 Å². The van der Waals surface area contributed by atoms with Gasteiger partial charge in [0.15, 0.2) is 10.3 Å². The maximum absolute atomic E-state index is 14.6. The zero-order chi connectivity index (χ0) is 28.4. The third kappa shape index (κ3) is 5.34. The lowest BCUT2D eigenvalue weighted by Gasteiger charge is -2.13. The van der Waals surface area contributed by atoms with E-state index in [1.54, 1.807) is 30.3 Å². The van der Waals surface area contributed by atoms with Gasteiger partial charge in [-0.1, -0.05) is 47.4 Å². The Morgan fingerprint density at radius 1 is 1.07 bits per heavy atom. The van der Waals surface area contributed by atoms with Gasteiger partial charge >= 0.3 is 0 Å². The second-order valence-electron chi connectivity index (χ2n) is 8.08. The Bertz CT molecular complexity index is 1940. The number of carbonyl (C=O) groups is 1. The summed E-state index contributed by atoms with van der Waals surface area (Å²) in [4.78, 5) is 44.4. The van der Waals surface area contributed by atoms with Gasteiger partial charge in [0, 0.05) is 12.1 Å². The summed E-state index contributed by atoms with van der Waals surface area (Å²) in [6.07, 6.45) is 1.07. The zero-order valence-electron chi connectivity index (χ0n) is 20.1. The molecule has 1 amide bonds. The quantitative estimate of drug-likeness (QED) is 0.118. The molecule has 0 radical (unpaired) electrons. The smallest absolute Gasteiger partial charge is 0.269 e. The van der Waals surface area contributed by atoms with Gasteiger partial charge in [0.25, 0.3) is 11.2 Å². The summed E-state index contributed by atoms with van der Waals surface area (Å²) in [7, 11) is -4.02. The molecule has 1 N–H and O–H groups in total. The van der Waals surface area contributed by atoms with E-state index in [1.807, 2.05) is 0 Å². The average Bonchev–Trinajstić information content (AvgIpc) is 3.42. The summed E-state index contributed by atoms with van der Waals surface area (Å²) < 4.78 is 41.3. The highest BCUT2D eigenvalue weighted by Crippen LogP contribution is 2.30. The predicted octanol–water partition coefficient (Wildman–Crippen LogP) is 4.45. The lowest BCUT2D eigenvalue weighted by Crippen LogP contribution is -2.23. The third-order valence-electron chi connectivity index (χ3n) is 5.52. The number of rotatable bonds is 8. The largest absolute Gasteiger partial charge is 0.301 e. The van der Waals surface area contributed by atoms with E-state index in [-0.39, 0.29) is 41.9 Å². The summed E-state index contributed by atoms with van der Waals surface area (Å²) in [6, 6.07) is 16.7. The van der Waals surface area contributed by atoms with Crippen LogP contribution in [0.2, 0.25) is 0 Å². The molecule has 0 saturated carbocycles. The van der Waals surface area contributed by atoms with Gasteiger partial charge in [-0.15, -0.1) is 0 Å². The number of nitro benzene ring substituents is 1. The van der Waals surface area contributed by atoms with Gasteiger partial charge in [0.05, 0.1) is 38.4 Å². The van der Waals surface area contributed by atoms with Crippen molar-refractivity contribution in [3.63, 3.8) is 0 Å². The van der Waals surface area contributed by atoms with Crippen LogP contribution in [0.25, 0.3) is 16.6 Å². The molecule has 3 aromatic carbocycles. The number of amides is 1. The second kappa shape index (κ2) is 11.0. The Kier molecular flexibility index (Phi) is 7.42. The van der Waals surface area contributed by atoms with Crippen LogP contribution in [-0.4, -0.2) is 39.5 Å². The number of non-ortho nitro benzene ring substituents is 1. The summed E-state index contributed by atoms with van der Waals surface area (Å²) in [5.41, 5.74) is -0.395. The van der Waals surface area contributed by atoms with Crippen molar-refractivity contribution in [2.75, 3.05) is 11.1 Å². The lowest BCUT2D eigenvalue weighted by atomic mass is 10.2. The van der Waals surface area contributed by atoms with E-state index in [2.05, 4.69) is 15.3 Å². The highest BCUT2D eigenvalue weighted by atomic mass is 32.2. The normalized spacial score (nSPS) is 11.4. The van der Waals surface area contributed by atoms with Crippen LogP contribution < -0.4 is 10.9 Å². The van der Waals surface area contributed by atoms with Crippen molar-refractivity contribution in [3.8, 4) is 5.69 Å². The van der Waals surface area contributed by atoms with Crippen molar-refractivity contribution < 1.29 is 22.5 Å². The van der Waals surface area contributed by atoms with Crippen molar-refractivity contribution in [1.82, 2.24) is 14.5 Å². The van der Waals surface area contributed by atoms with E-state index >= 15 is 0 Å². The number of benzene rings is 3. The van der Waals surface area contributed by atoms with Crippen molar-refractivity contribution in [1.29, 1.82) is 0 Å². The highest BCUT2D eigenvalue weighted by Gasteiger charge is 2.23. The zero-order valence-corrected chi connectivity index (χ0v) is 22.5. The number of thiazole rings is 1. The number of fused-ring (bicyclic) bond motifs is 1. The number of nitrogens with one attached hydrogen (secondary N) is 1. The minimum absolute atomic E-state index is 0.00375. The van der Waals surface area contributed by atoms with Gasteiger partial charge in [-0.3, -0.25) is 24.3 Å². The van der Waals surface area contributed by atoms with Crippen molar-refractivity contribution >= 4 is 60.6 Å². The first-order valence-electron chi connectivity index (χ1n) is 11.3. The van der Waals surface area contributed by atoms with E-state index in [4.69, 9.17) is 0 Å². The molecule has 5 aromatic rings. The van der Waals surface area contributed by atoms with Gasteiger partial charge in [-0.25, -0.2) is 22.8 Å². The van der Waals surface area contributed by atoms with Gasteiger partial charge in [0.1, 0.15) is 10.0 Å². The third-order valence-corrected chi connectivity index (χ3v) is 9.61. The van der Waals surface area contributed by atoms with Gasteiger partial charge < -0.3 is 5.32 Å². The Morgan fingerprint density at radius 3 is 2.50 bits per heavy atom.